The predicted octanol–water partition coefficient (Wildman–Crippen LogP) is 0.334. The van der Waals surface area contributed by atoms with E-state index in [0.29, 0.717) is 13.1 Å². The molecule has 0 saturated heterocycles. The van der Waals surface area contributed by atoms with E-state index in [2.05, 4.69) is 0 Å². The molecule has 1 unspecified atom stereocenters. The maximum absolute atomic E-state index is 10.4. The molecule has 10 heavy (non-hydrogen) atoms. The zero-order chi connectivity index (χ0) is 8.15. The Balaban J connectivity index is 3.92. The minimum atomic E-state index is -0.902. The van der Waals surface area contributed by atoms with E-state index in [4.69, 9.17) is 10.8 Å². The van der Waals surface area contributed by atoms with E-state index in [9.17, 15) is 4.79 Å². The molecule has 0 aromatic carbocycles. The molecule has 0 saturated carbocycles. The van der Waals surface area contributed by atoms with Crippen molar-refractivity contribution in [2.45, 2.75) is 19.9 Å². The van der Waals surface area contributed by atoms with Gasteiger partial charge in [-0.05, 0) is 13.8 Å². The zero-order valence-corrected chi connectivity index (χ0v) is 6.37. The Labute approximate surface area is 60.6 Å². The summed E-state index contributed by atoms with van der Waals surface area (Å²) < 4.78 is 0. The van der Waals surface area contributed by atoms with Crippen LogP contribution in [-0.2, 0) is 0 Å². The molecule has 0 rings (SSSR count). The van der Waals surface area contributed by atoms with Crippen LogP contribution < -0.4 is 5.73 Å². The summed E-state index contributed by atoms with van der Waals surface area (Å²) in [4.78, 5) is 11.7. The van der Waals surface area contributed by atoms with Gasteiger partial charge < -0.3 is 15.7 Å². The van der Waals surface area contributed by atoms with Gasteiger partial charge in [-0.3, -0.25) is 0 Å². The first-order chi connectivity index (χ1) is 4.63. The van der Waals surface area contributed by atoms with Gasteiger partial charge in [0, 0.05) is 19.1 Å². The third-order valence-electron chi connectivity index (χ3n) is 1.46. The fourth-order valence-corrected chi connectivity index (χ4v) is 0.763. The van der Waals surface area contributed by atoms with Crippen LogP contribution in [0, 0.1) is 0 Å². The third kappa shape index (κ3) is 2.23. The van der Waals surface area contributed by atoms with E-state index in [0.717, 1.165) is 0 Å². The lowest BCUT2D eigenvalue weighted by molar-refractivity contribution is 0.132. The number of nitrogens with two attached hydrogens (primary N) is 1. The Morgan fingerprint density at radius 3 is 2.40 bits per heavy atom. The van der Waals surface area contributed by atoms with Crippen LogP contribution in [0.5, 0.6) is 0 Å². The van der Waals surface area contributed by atoms with E-state index in [1.54, 1.807) is 13.8 Å². The van der Waals surface area contributed by atoms with Crippen LogP contribution in [0.3, 0.4) is 0 Å². The van der Waals surface area contributed by atoms with Crippen molar-refractivity contribution >= 4 is 6.09 Å². The summed E-state index contributed by atoms with van der Waals surface area (Å²) in [5.74, 6) is 0. The van der Waals surface area contributed by atoms with Gasteiger partial charge in [0.2, 0.25) is 0 Å². The van der Waals surface area contributed by atoms with Gasteiger partial charge >= 0.3 is 6.09 Å². The average Bonchev–Trinajstić information content (AvgIpc) is 1.88. The molecule has 0 aliphatic rings. The number of rotatable bonds is 3. The Bertz CT molecular complexity index is 116. The van der Waals surface area contributed by atoms with Gasteiger partial charge in [0.25, 0.3) is 0 Å². The zero-order valence-electron chi connectivity index (χ0n) is 6.37. The Kier molecular flexibility index (Phi) is 3.79. The summed E-state index contributed by atoms with van der Waals surface area (Å²) in [7, 11) is 0. The van der Waals surface area contributed by atoms with Gasteiger partial charge in [-0.2, -0.15) is 0 Å². The molecule has 0 fully saturated rings. The molecule has 4 nitrogen and oxygen atoms in total. The molecular weight excluding hydrogens is 132 g/mol. The van der Waals surface area contributed by atoms with Crippen LogP contribution in [0.2, 0.25) is 0 Å². The fraction of sp³-hybridized carbons (Fsp3) is 0.833. The Morgan fingerprint density at radius 1 is 1.80 bits per heavy atom. The first-order valence-corrected chi connectivity index (χ1v) is 3.33. The van der Waals surface area contributed by atoms with Crippen molar-refractivity contribution in [1.29, 1.82) is 0 Å². The predicted molar refractivity (Wildman–Crippen MR) is 38.9 cm³/mol. The number of carbonyl (C=O) groups is 1. The topological polar surface area (TPSA) is 66.6 Å². The smallest absolute Gasteiger partial charge is 0.407 e. The molecule has 0 aromatic heterocycles. The third-order valence-corrected chi connectivity index (χ3v) is 1.46. The molecule has 0 bridgehead atoms. The van der Waals surface area contributed by atoms with Gasteiger partial charge in [-0.15, -0.1) is 0 Å². The van der Waals surface area contributed by atoms with Crippen molar-refractivity contribution in [2.75, 3.05) is 13.1 Å². The Hall–Kier alpha value is -0.770. The number of carboxylic acid groups (broad SMARTS) is 1. The molecule has 60 valence electrons. The van der Waals surface area contributed by atoms with Crippen LogP contribution in [0.25, 0.3) is 0 Å². The van der Waals surface area contributed by atoms with Crippen LogP contribution in [0.1, 0.15) is 13.8 Å². The van der Waals surface area contributed by atoms with Crippen molar-refractivity contribution < 1.29 is 9.90 Å². The average molecular weight is 146 g/mol. The number of nitrogens with zero attached hydrogens (tertiary/aromatic N) is 1. The van der Waals surface area contributed by atoms with E-state index in [1.165, 1.54) is 4.90 Å². The molecule has 0 aromatic rings. The summed E-state index contributed by atoms with van der Waals surface area (Å²) in [6, 6.07) is -0.0810. The van der Waals surface area contributed by atoms with Crippen molar-refractivity contribution in [3.8, 4) is 0 Å². The lowest BCUT2D eigenvalue weighted by atomic mass is 10.3. The standard InChI is InChI=1S/C6H14N2O2/c1-3-8(6(9)10)5(2)4-7/h5H,3-4,7H2,1-2H3,(H,9,10). The Morgan fingerprint density at radius 2 is 2.30 bits per heavy atom. The highest BCUT2D eigenvalue weighted by atomic mass is 16.4. The van der Waals surface area contributed by atoms with E-state index < -0.39 is 6.09 Å². The van der Waals surface area contributed by atoms with Crippen LogP contribution in [0.4, 0.5) is 4.79 Å². The second-order valence-corrected chi connectivity index (χ2v) is 2.15. The highest BCUT2D eigenvalue weighted by Crippen LogP contribution is 1.96. The van der Waals surface area contributed by atoms with Crippen LogP contribution >= 0.6 is 0 Å². The molecule has 0 spiro atoms. The summed E-state index contributed by atoms with van der Waals surface area (Å²) in [6.45, 7) is 4.45. The van der Waals surface area contributed by atoms with Gasteiger partial charge in [0.05, 0.1) is 0 Å². The number of hydrogen-bond donors (Lipinski definition) is 2. The molecule has 4 heteroatoms. The van der Waals surface area contributed by atoms with E-state index in [1.807, 2.05) is 0 Å². The van der Waals surface area contributed by atoms with E-state index >= 15 is 0 Å². The molecule has 3 N–H and O–H groups in total. The van der Waals surface area contributed by atoms with E-state index in [-0.39, 0.29) is 6.04 Å². The lowest BCUT2D eigenvalue weighted by Gasteiger charge is -2.23. The largest absolute Gasteiger partial charge is 0.465 e. The molecule has 0 aliphatic heterocycles. The van der Waals surface area contributed by atoms with Crippen molar-refractivity contribution in [1.82, 2.24) is 4.90 Å². The minimum absolute atomic E-state index is 0.0810. The SMILES string of the molecule is CCN(C(=O)O)C(C)CN. The van der Waals surface area contributed by atoms with Crippen LogP contribution in [-0.4, -0.2) is 35.2 Å². The van der Waals surface area contributed by atoms with Crippen molar-refractivity contribution in [2.24, 2.45) is 5.73 Å². The fourth-order valence-electron chi connectivity index (χ4n) is 0.763. The molecule has 1 atom stereocenters. The van der Waals surface area contributed by atoms with Gasteiger partial charge in [-0.1, -0.05) is 0 Å². The summed E-state index contributed by atoms with van der Waals surface area (Å²) in [6.07, 6.45) is -0.902. The highest BCUT2D eigenvalue weighted by molar-refractivity contribution is 5.65. The normalized spacial score (nSPS) is 12.7. The number of hydrogen-bond acceptors (Lipinski definition) is 2. The quantitative estimate of drug-likeness (QED) is 0.603. The molecule has 1 amide bonds. The van der Waals surface area contributed by atoms with Gasteiger partial charge in [0.1, 0.15) is 0 Å². The second-order valence-electron chi connectivity index (χ2n) is 2.15. The molecular formula is C6H14N2O2. The second kappa shape index (κ2) is 4.11. The number of likely N-dealkylation sites (N-methyl/N-ethyl adjacent to an activating group) is 1. The molecule has 0 aliphatic carbocycles. The van der Waals surface area contributed by atoms with Crippen molar-refractivity contribution in [3.63, 3.8) is 0 Å². The van der Waals surface area contributed by atoms with Crippen LogP contribution in [0.15, 0.2) is 0 Å². The molecule has 0 radical (unpaired) electrons. The van der Waals surface area contributed by atoms with Crippen molar-refractivity contribution in [3.05, 3.63) is 0 Å². The lowest BCUT2D eigenvalue weighted by Crippen LogP contribution is -2.41. The minimum Gasteiger partial charge on any atom is -0.465 e. The summed E-state index contributed by atoms with van der Waals surface area (Å²) in [5, 5.41) is 8.55. The van der Waals surface area contributed by atoms with Gasteiger partial charge in [-0.25, -0.2) is 4.79 Å². The first-order valence-electron chi connectivity index (χ1n) is 3.33. The maximum Gasteiger partial charge on any atom is 0.407 e. The summed E-state index contributed by atoms with van der Waals surface area (Å²) >= 11 is 0. The monoisotopic (exact) mass is 146 g/mol. The first kappa shape index (κ1) is 9.23. The number of amides is 1. The highest BCUT2D eigenvalue weighted by Gasteiger charge is 2.14. The van der Waals surface area contributed by atoms with Gasteiger partial charge in [0.15, 0.2) is 0 Å². The molecule has 0 heterocycles. The maximum atomic E-state index is 10.4. The summed E-state index contributed by atoms with van der Waals surface area (Å²) in [5.41, 5.74) is 5.28.